The molecular formula is C22H25N3O2. The van der Waals surface area contributed by atoms with Crippen LogP contribution in [0, 0.1) is 17.8 Å². The summed E-state index contributed by atoms with van der Waals surface area (Å²) in [4.78, 5) is 30.7. The van der Waals surface area contributed by atoms with E-state index in [4.69, 9.17) is 0 Å². The van der Waals surface area contributed by atoms with Crippen LogP contribution in [0.1, 0.15) is 37.3 Å². The minimum atomic E-state index is -0.106. The highest BCUT2D eigenvalue weighted by Gasteiger charge is 2.49. The summed E-state index contributed by atoms with van der Waals surface area (Å²) in [5.41, 5.74) is 3.34. The Morgan fingerprint density at radius 3 is 2.37 bits per heavy atom. The van der Waals surface area contributed by atoms with Gasteiger partial charge in [-0.1, -0.05) is 19.1 Å². The van der Waals surface area contributed by atoms with Crippen LogP contribution in [-0.4, -0.2) is 28.4 Å². The van der Waals surface area contributed by atoms with Gasteiger partial charge in [0.25, 0.3) is 0 Å². The normalized spacial score (nSPS) is 24.8. The topological polar surface area (TPSA) is 62.3 Å². The molecule has 27 heavy (non-hydrogen) atoms. The summed E-state index contributed by atoms with van der Waals surface area (Å²) in [6.45, 7) is 2.42. The van der Waals surface area contributed by atoms with Gasteiger partial charge in [0.1, 0.15) is 0 Å². The number of likely N-dealkylation sites (tertiary alicyclic amines) is 1. The highest BCUT2D eigenvalue weighted by molar-refractivity contribution is 6.05. The number of nitrogens with zero attached hydrogens (tertiary/aromatic N) is 2. The van der Waals surface area contributed by atoms with Crippen LogP contribution in [0.15, 0.2) is 48.8 Å². The molecule has 1 saturated carbocycles. The van der Waals surface area contributed by atoms with Crippen molar-refractivity contribution in [3.05, 3.63) is 59.9 Å². The molecule has 1 saturated heterocycles. The van der Waals surface area contributed by atoms with Crippen molar-refractivity contribution in [3.63, 3.8) is 0 Å². The third kappa shape index (κ3) is 3.72. The molecule has 1 aromatic heterocycles. The third-order valence-corrected chi connectivity index (χ3v) is 5.83. The van der Waals surface area contributed by atoms with Crippen LogP contribution in [0.4, 0.5) is 5.69 Å². The van der Waals surface area contributed by atoms with Crippen LogP contribution in [0.3, 0.4) is 0 Å². The predicted molar refractivity (Wildman–Crippen MR) is 104 cm³/mol. The molecule has 5 nitrogen and oxygen atoms in total. The Morgan fingerprint density at radius 1 is 0.963 bits per heavy atom. The zero-order valence-corrected chi connectivity index (χ0v) is 15.6. The summed E-state index contributed by atoms with van der Waals surface area (Å²) < 4.78 is 0. The van der Waals surface area contributed by atoms with Crippen LogP contribution in [0.2, 0.25) is 0 Å². The fraction of sp³-hybridized carbons (Fsp3) is 0.409. The summed E-state index contributed by atoms with van der Waals surface area (Å²) in [5.74, 6) is 0.324. The van der Waals surface area contributed by atoms with E-state index in [1.165, 1.54) is 16.0 Å². The highest BCUT2D eigenvalue weighted by Crippen LogP contribution is 2.40. The molecule has 0 spiro atoms. The summed E-state index contributed by atoms with van der Waals surface area (Å²) in [5, 5.41) is 3.23. The van der Waals surface area contributed by atoms with E-state index in [0.29, 0.717) is 5.92 Å². The molecule has 1 N–H and O–H groups in total. The number of rotatable bonds is 5. The lowest BCUT2D eigenvalue weighted by atomic mass is 9.76. The van der Waals surface area contributed by atoms with Crippen LogP contribution in [0.5, 0.6) is 0 Å². The molecule has 4 rings (SSSR count). The molecule has 1 aliphatic heterocycles. The van der Waals surface area contributed by atoms with Crippen molar-refractivity contribution in [1.82, 2.24) is 9.88 Å². The number of imide groups is 1. The number of aromatic nitrogens is 1. The Morgan fingerprint density at radius 2 is 1.63 bits per heavy atom. The van der Waals surface area contributed by atoms with E-state index >= 15 is 0 Å². The lowest BCUT2D eigenvalue weighted by Gasteiger charge is -2.25. The van der Waals surface area contributed by atoms with E-state index in [9.17, 15) is 9.59 Å². The van der Waals surface area contributed by atoms with Crippen molar-refractivity contribution < 1.29 is 9.59 Å². The lowest BCUT2D eigenvalue weighted by molar-refractivity contribution is -0.139. The number of benzene rings is 1. The average molecular weight is 363 g/mol. The standard InChI is InChI=1S/C22H25N3O2/c1-15-2-7-19-20(12-15)22(27)25(21(19)26)14-24-18-5-3-16(4-6-18)13-17-8-10-23-11-9-17/h3-6,8-11,15,19-20,24H,2,7,12-14H2,1H3/t15-,19-,20+/m1/s1. The zero-order chi connectivity index (χ0) is 18.8. The van der Waals surface area contributed by atoms with Gasteiger partial charge in [-0.25, -0.2) is 0 Å². The molecule has 5 heteroatoms. The Bertz CT molecular complexity index is 819. The van der Waals surface area contributed by atoms with Crippen molar-refractivity contribution in [2.45, 2.75) is 32.6 Å². The number of hydrogen-bond acceptors (Lipinski definition) is 4. The maximum absolute atomic E-state index is 12.6. The van der Waals surface area contributed by atoms with Crippen LogP contribution < -0.4 is 5.32 Å². The summed E-state index contributed by atoms with van der Waals surface area (Å²) >= 11 is 0. The number of amides is 2. The number of pyridine rings is 1. The van der Waals surface area contributed by atoms with Gasteiger partial charge in [-0.15, -0.1) is 0 Å². The van der Waals surface area contributed by atoms with Crippen molar-refractivity contribution in [2.75, 3.05) is 12.0 Å². The third-order valence-electron chi connectivity index (χ3n) is 5.83. The first-order valence-electron chi connectivity index (χ1n) is 9.69. The molecular weight excluding hydrogens is 338 g/mol. The predicted octanol–water partition coefficient (Wildman–Crippen LogP) is 3.46. The minimum Gasteiger partial charge on any atom is -0.367 e. The first-order chi connectivity index (χ1) is 13.1. The molecule has 2 aliphatic rings. The molecule has 0 unspecified atom stereocenters. The van der Waals surface area contributed by atoms with E-state index in [2.05, 4.69) is 29.4 Å². The summed E-state index contributed by atoms with van der Waals surface area (Å²) in [7, 11) is 0. The fourth-order valence-corrected chi connectivity index (χ4v) is 4.26. The van der Waals surface area contributed by atoms with Crippen LogP contribution in [-0.2, 0) is 16.0 Å². The molecule has 2 fully saturated rings. The largest absolute Gasteiger partial charge is 0.367 e. The van der Waals surface area contributed by atoms with Gasteiger partial charge in [0, 0.05) is 18.1 Å². The van der Waals surface area contributed by atoms with Crippen LogP contribution >= 0.6 is 0 Å². The van der Waals surface area contributed by atoms with E-state index in [0.717, 1.165) is 31.4 Å². The second-order valence-corrected chi connectivity index (χ2v) is 7.80. The maximum atomic E-state index is 12.6. The van der Waals surface area contributed by atoms with Gasteiger partial charge in [0.2, 0.25) is 11.8 Å². The Hall–Kier alpha value is -2.69. The van der Waals surface area contributed by atoms with Gasteiger partial charge in [-0.2, -0.15) is 0 Å². The Balaban J connectivity index is 1.36. The maximum Gasteiger partial charge on any atom is 0.234 e. The smallest absolute Gasteiger partial charge is 0.234 e. The number of nitrogens with one attached hydrogen (secondary N) is 1. The van der Waals surface area contributed by atoms with Gasteiger partial charge in [0.05, 0.1) is 18.5 Å². The monoisotopic (exact) mass is 363 g/mol. The lowest BCUT2D eigenvalue weighted by Crippen LogP contribution is -2.35. The SMILES string of the molecule is C[C@@H]1CC[C@H]2C(=O)N(CNc3ccc(Cc4ccncc4)cc3)C(=O)[C@H]2C1. The molecule has 2 amide bonds. The van der Waals surface area contributed by atoms with Crippen molar-refractivity contribution in [1.29, 1.82) is 0 Å². The second kappa shape index (κ2) is 7.51. The van der Waals surface area contributed by atoms with E-state index < -0.39 is 0 Å². The number of carbonyl (C=O) groups excluding carboxylic acids is 2. The van der Waals surface area contributed by atoms with E-state index in [1.54, 1.807) is 12.4 Å². The van der Waals surface area contributed by atoms with Crippen LogP contribution in [0.25, 0.3) is 0 Å². The second-order valence-electron chi connectivity index (χ2n) is 7.80. The van der Waals surface area contributed by atoms with Gasteiger partial charge in [-0.3, -0.25) is 19.5 Å². The first kappa shape index (κ1) is 17.7. The number of hydrogen-bond donors (Lipinski definition) is 1. The summed E-state index contributed by atoms with van der Waals surface area (Å²) in [6.07, 6.45) is 7.18. The van der Waals surface area contributed by atoms with Crippen molar-refractivity contribution in [2.24, 2.45) is 17.8 Å². The Labute approximate surface area is 159 Å². The Kier molecular flexibility index (Phi) is 4.92. The highest BCUT2D eigenvalue weighted by atomic mass is 16.2. The molecule has 2 heterocycles. The van der Waals surface area contributed by atoms with Gasteiger partial charge in [-0.05, 0) is 67.0 Å². The molecule has 0 bridgehead atoms. The average Bonchev–Trinajstić information content (AvgIpc) is 2.92. The fourth-order valence-electron chi connectivity index (χ4n) is 4.26. The number of carbonyl (C=O) groups is 2. The quantitative estimate of drug-likeness (QED) is 0.827. The van der Waals surface area contributed by atoms with Gasteiger partial charge in [0.15, 0.2) is 0 Å². The first-order valence-corrected chi connectivity index (χ1v) is 9.69. The zero-order valence-electron chi connectivity index (χ0n) is 15.6. The van der Waals surface area contributed by atoms with Crippen molar-refractivity contribution in [3.8, 4) is 0 Å². The molecule has 1 aromatic carbocycles. The molecule has 2 aromatic rings. The molecule has 140 valence electrons. The van der Waals surface area contributed by atoms with E-state index in [1.807, 2.05) is 24.3 Å². The number of fused-ring (bicyclic) bond motifs is 1. The molecule has 3 atom stereocenters. The molecule has 1 aliphatic carbocycles. The molecule has 0 radical (unpaired) electrons. The van der Waals surface area contributed by atoms with Gasteiger partial charge < -0.3 is 5.32 Å². The van der Waals surface area contributed by atoms with Crippen molar-refractivity contribution >= 4 is 17.5 Å². The minimum absolute atomic E-state index is 0.00120. The number of anilines is 1. The summed E-state index contributed by atoms with van der Waals surface area (Å²) in [6, 6.07) is 12.1. The van der Waals surface area contributed by atoms with E-state index in [-0.39, 0.29) is 30.3 Å². The van der Waals surface area contributed by atoms with Gasteiger partial charge >= 0.3 is 0 Å².